The van der Waals surface area contributed by atoms with Gasteiger partial charge in [0, 0.05) is 18.9 Å². The molecule has 1 saturated heterocycles. The van der Waals surface area contributed by atoms with Crippen LogP contribution in [0.15, 0.2) is 0 Å². The molecular formula is C14H18N6O3S. The van der Waals surface area contributed by atoms with E-state index in [-0.39, 0.29) is 18.1 Å². The summed E-state index contributed by atoms with van der Waals surface area (Å²) in [6.07, 6.45) is 2.50. The van der Waals surface area contributed by atoms with Gasteiger partial charge in [-0.1, -0.05) is 11.3 Å². The second-order valence-electron chi connectivity index (χ2n) is 6.13. The van der Waals surface area contributed by atoms with Crippen LogP contribution in [0.2, 0.25) is 0 Å². The zero-order chi connectivity index (χ0) is 16.7. The van der Waals surface area contributed by atoms with Crippen LogP contribution in [-0.2, 0) is 16.0 Å². The number of nitrogens with zero attached hydrogens (tertiary/aromatic N) is 5. The molecule has 24 heavy (non-hydrogen) atoms. The van der Waals surface area contributed by atoms with Crippen molar-refractivity contribution in [3.63, 3.8) is 0 Å². The molecule has 1 unspecified atom stereocenters. The van der Waals surface area contributed by atoms with Crippen LogP contribution < -0.4 is 5.32 Å². The number of carbonyl (C=O) groups excluding carboxylic acids is 2. The summed E-state index contributed by atoms with van der Waals surface area (Å²) in [6, 6.07) is 0.347. The molecule has 2 aliphatic rings. The Labute approximate surface area is 142 Å². The first-order valence-electron chi connectivity index (χ1n) is 8.02. The average Bonchev–Trinajstić information content (AvgIpc) is 3.07. The zero-order valence-corrected chi connectivity index (χ0v) is 14.1. The Morgan fingerprint density at radius 1 is 1.42 bits per heavy atom. The number of ether oxygens (including phenoxy) is 1. The molecule has 128 valence electrons. The van der Waals surface area contributed by atoms with Gasteiger partial charge in [-0.25, -0.2) is 4.79 Å². The Hall–Kier alpha value is -2.23. The predicted octanol–water partition coefficient (Wildman–Crippen LogP) is 0.526. The molecule has 10 heteroatoms. The van der Waals surface area contributed by atoms with E-state index < -0.39 is 0 Å². The zero-order valence-electron chi connectivity index (χ0n) is 13.3. The maximum Gasteiger partial charge on any atom is 0.410 e. The van der Waals surface area contributed by atoms with Crippen LogP contribution in [0.5, 0.6) is 0 Å². The molecule has 3 heterocycles. The maximum atomic E-state index is 12.0. The third-order valence-electron chi connectivity index (χ3n) is 4.17. The Morgan fingerprint density at radius 2 is 2.25 bits per heavy atom. The third kappa shape index (κ3) is 3.05. The lowest BCUT2D eigenvalue weighted by Crippen LogP contribution is -2.35. The van der Waals surface area contributed by atoms with Crippen molar-refractivity contribution in [2.45, 2.75) is 44.8 Å². The van der Waals surface area contributed by atoms with Crippen LogP contribution in [0.4, 0.5) is 4.79 Å². The highest BCUT2D eigenvalue weighted by Crippen LogP contribution is 2.30. The first-order chi connectivity index (χ1) is 11.6. The second kappa shape index (κ2) is 6.00. The molecule has 2 amide bonds. The smallest absolute Gasteiger partial charge is 0.410 e. The molecule has 1 aliphatic carbocycles. The van der Waals surface area contributed by atoms with E-state index >= 15 is 0 Å². The lowest BCUT2D eigenvalue weighted by molar-refractivity contribution is -0.121. The fourth-order valence-electron chi connectivity index (χ4n) is 2.72. The fourth-order valence-corrected chi connectivity index (χ4v) is 3.60. The number of carbonyl (C=O) groups is 2. The first kappa shape index (κ1) is 15.3. The van der Waals surface area contributed by atoms with Gasteiger partial charge in [-0.05, 0) is 19.8 Å². The fraction of sp³-hybridized carbons (Fsp3) is 0.643. The normalized spacial score (nSPS) is 20.6. The summed E-state index contributed by atoms with van der Waals surface area (Å²) >= 11 is 1.44. The molecule has 1 N–H and O–H groups in total. The summed E-state index contributed by atoms with van der Waals surface area (Å²) in [5, 5.41) is 16.0. The van der Waals surface area contributed by atoms with E-state index in [0.29, 0.717) is 32.0 Å². The first-order valence-corrected chi connectivity index (χ1v) is 8.83. The molecule has 2 fully saturated rings. The average molecular weight is 350 g/mol. The third-order valence-corrected chi connectivity index (χ3v) is 5.13. The van der Waals surface area contributed by atoms with Gasteiger partial charge in [0.2, 0.25) is 10.9 Å². The van der Waals surface area contributed by atoms with Crippen LogP contribution in [0.1, 0.15) is 30.1 Å². The molecule has 0 radical (unpaired) electrons. The predicted molar refractivity (Wildman–Crippen MR) is 84.7 cm³/mol. The number of aryl methyl sites for hydroxylation is 2. The highest BCUT2D eigenvalue weighted by Gasteiger charge is 2.40. The Morgan fingerprint density at radius 3 is 3.00 bits per heavy atom. The van der Waals surface area contributed by atoms with E-state index in [1.54, 1.807) is 9.42 Å². The van der Waals surface area contributed by atoms with E-state index in [4.69, 9.17) is 4.74 Å². The van der Waals surface area contributed by atoms with Gasteiger partial charge < -0.3 is 15.0 Å². The minimum Gasteiger partial charge on any atom is -0.442 e. The second-order valence-corrected chi connectivity index (χ2v) is 7.17. The molecule has 4 rings (SSSR count). The van der Waals surface area contributed by atoms with Crippen LogP contribution in [-0.4, -0.2) is 61.9 Å². The summed E-state index contributed by atoms with van der Waals surface area (Å²) in [5.41, 5.74) is 0. The van der Waals surface area contributed by atoms with Gasteiger partial charge in [-0.15, -0.1) is 10.2 Å². The van der Waals surface area contributed by atoms with Crippen molar-refractivity contribution in [1.29, 1.82) is 0 Å². The Kier molecular flexibility index (Phi) is 3.83. The minimum absolute atomic E-state index is 0.0707. The van der Waals surface area contributed by atoms with E-state index in [0.717, 1.165) is 28.6 Å². The van der Waals surface area contributed by atoms with E-state index in [2.05, 4.69) is 20.6 Å². The monoisotopic (exact) mass is 350 g/mol. The van der Waals surface area contributed by atoms with Crippen molar-refractivity contribution in [3.05, 3.63) is 10.8 Å². The molecule has 1 saturated carbocycles. The van der Waals surface area contributed by atoms with Crippen molar-refractivity contribution in [2.24, 2.45) is 0 Å². The molecule has 0 bridgehead atoms. The van der Waals surface area contributed by atoms with E-state index in [9.17, 15) is 9.59 Å². The van der Waals surface area contributed by atoms with Crippen molar-refractivity contribution in [3.8, 4) is 0 Å². The summed E-state index contributed by atoms with van der Waals surface area (Å²) < 4.78 is 6.96. The van der Waals surface area contributed by atoms with E-state index in [1.165, 1.54) is 11.3 Å². The van der Waals surface area contributed by atoms with Gasteiger partial charge in [0.1, 0.15) is 11.1 Å². The van der Waals surface area contributed by atoms with Crippen molar-refractivity contribution in [1.82, 2.24) is 30.0 Å². The Bertz CT molecular complexity index is 783. The molecule has 1 atom stereocenters. The standard InChI is InChI=1S/C14H18N6O3S/c1-8-16-17-13-20(8)18-12(24-13)5-4-11(21)15-6-10-7-19(9-2-3-9)14(22)23-10/h9-10H,2-7H2,1H3,(H,15,21). The molecule has 0 spiro atoms. The largest absolute Gasteiger partial charge is 0.442 e. The van der Waals surface area contributed by atoms with Crippen LogP contribution in [0.3, 0.4) is 0 Å². The van der Waals surface area contributed by atoms with Gasteiger partial charge >= 0.3 is 6.09 Å². The lowest BCUT2D eigenvalue weighted by atomic mass is 10.3. The topological polar surface area (TPSA) is 102 Å². The molecule has 9 nitrogen and oxygen atoms in total. The van der Waals surface area contributed by atoms with Gasteiger partial charge in [-0.3, -0.25) is 4.79 Å². The van der Waals surface area contributed by atoms with Crippen LogP contribution in [0.25, 0.3) is 4.96 Å². The number of hydrogen-bond donors (Lipinski definition) is 1. The van der Waals surface area contributed by atoms with Gasteiger partial charge in [0.05, 0.1) is 13.1 Å². The highest BCUT2D eigenvalue weighted by atomic mass is 32.1. The van der Waals surface area contributed by atoms with Gasteiger partial charge in [-0.2, -0.15) is 9.61 Å². The molecule has 0 aromatic carbocycles. The number of cyclic esters (lactones) is 1. The molecule has 2 aromatic heterocycles. The van der Waals surface area contributed by atoms with Gasteiger partial charge in [0.25, 0.3) is 0 Å². The van der Waals surface area contributed by atoms with Crippen molar-refractivity contribution in [2.75, 3.05) is 13.1 Å². The van der Waals surface area contributed by atoms with Crippen LogP contribution >= 0.6 is 11.3 Å². The summed E-state index contributed by atoms with van der Waals surface area (Å²) in [6.45, 7) is 2.77. The molecular weight excluding hydrogens is 332 g/mol. The number of amides is 2. The summed E-state index contributed by atoms with van der Waals surface area (Å²) in [4.78, 5) is 26.2. The minimum atomic E-state index is -0.258. The van der Waals surface area contributed by atoms with E-state index in [1.807, 2.05) is 6.92 Å². The van der Waals surface area contributed by atoms with Crippen molar-refractivity contribution < 1.29 is 14.3 Å². The van der Waals surface area contributed by atoms with Gasteiger partial charge in [0.15, 0.2) is 5.82 Å². The quantitative estimate of drug-likeness (QED) is 0.815. The van der Waals surface area contributed by atoms with Crippen molar-refractivity contribution >= 4 is 28.3 Å². The number of aromatic nitrogens is 4. The number of hydrogen-bond acceptors (Lipinski definition) is 7. The molecule has 1 aliphatic heterocycles. The Balaban J connectivity index is 1.23. The summed E-state index contributed by atoms with van der Waals surface area (Å²) in [7, 11) is 0. The number of rotatable bonds is 6. The number of nitrogens with one attached hydrogen (secondary N) is 1. The SMILES string of the molecule is Cc1nnc2sc(CCC(=O)NCC3CN(C4CC4)C(=O)O3)nn12. The number of fused-ring (bicyclic) bond motifs is 1. The van der Waals surface area contributed by atoms with Crippen LogP contribution in [0, 0.1) is 6.92 Å². The maximum absolute atomic E-state index is 12.0. The molecule has 2 aromatic rings. The highest BCUT2D eigenvalue weighted by molar-refractivity contribution is 7.16. The lowest BCUT2D eigenvalue weighted by Gasteiger charge is -2.11. The summed E-state index contributed by atoms with van der Waals surface area (Å²) in [5.74, 6) is 0.666.